The van der Waals surface area contributed by atoms with Crippen molar-refractivity contribution < 1.29 is 4.79 Å². The molecule has 0 atom stereocenters. The average Bonchev–Trinajstić information content (AvgIpc) is 2.64. The minimum absolute atomic E-state index is 0.0324. The Bertz CT molecular complexity index is 618. The summed E-state index contributed by atoms with van der Waals surface area (Å²) in [4.78, 5) is 19.7. The van der Waals surface area contributed by atoms with Gasteiger partial charge in [0.1, 0.15) is 9.71 Å². The van der Waals surface area contributed by atoms with Crippen LogP contribution in [-0.4, -0.2) is 29.4 Å². The van der Waals surface area contributed by atoms with E-state index in [9.17, 15) is 4.79 Å². The number of fused-ring (bicyclic) bond motifs is 1. The van der Waals surface area contributed by atoms with Gasteiger partial charge in [-0.3, -0.25) is 4.79 Å². The molecule has 2 aromatic rings. The van der Waals surface area contributed by atoms with Crippen LogP contribution in [-0.2, 0) is 0 Å². The van der Waals surface area contributed by atoms with Crippen molar-refractivity contribution in [3.63, 3.8) is 0 Å². The van der Waals surface area contributed by atoms with Crippen molar-refractivity contribution in [2.75, 3.05) is 19.3 Å². The monoisotopic (exact) mass is 263 g/mol. The van der Waals surface area contributed by atoms with Crippen LogP contribution in [0.2, 0.25) is 0 Å². The first kappa shape index (κ1) is 12.8. The molecule has 2 heterocycles. The van der Waals surface area contributed by atoms with Gasteiger partial charge in [0.15, 0.2) is 0 Å². The third-order valence-electron chi connectivity index (χ3n) is 3.04. The normalized spacial score (nSPS) is 10.9. The van der Waals surface area contributed by atoms with Crippen LogP contribution in [0.3, 0.4) is 0 Å². The highest BCUT2D eigenvalue weighted by Crippen LogP contribution is 2.35. The van der Waals surface area contributed by atoms with Gasteiger partial charge in [-0.05, 0) is 32.4 Å². The highest BCUT2D eigenvalue weighted by Gasteiger charge is 2.20. The Morgan fingerprint density at radius 3 is 2.78 bits per heavy atom. The third kappa shape index (κ3) is 1.95. The zero-order valence-corrected chi connectivity index (χ0v) is 11.9. The minimum Gasteiger partial charge on any atom is -0.397 e. The van der Waals surface area contributed by atoms with Crippen molar-refractivity contribution in [3.8, 4) is 0 Å². The van der Waals surface area contributed by atoms with Gasteiger partial charge in [-0.15, -0.1) is 11.3 Å². The average molecular weight is 263 g/mol. The second kappa shape index (κ2) is 4.57. The first-order valence-corrected chi connectivity index (χ1v) is 6.69. The van der Waals surface area contributed by atoms with Crippen LogP contribution in [0.25, 0.3) is 10.2 Å². The first-order chi connectivity index (χ1) is 8.45. The van der Waals surface area contributed by atoms with Crippen molar-refractivity contribution in [1.29, 1.82) is 0 Å². The Morgan fingerprint density at radius 1 is 1.50 bits per heavy atom. The number of aromatic nitrogens is 1. The van der Waals surface area contributed by atoms with Crippen LogP contribution in [0, 0.1) is 13.8 Å². The van der Waals surface area contributed by atoms with E-state index in [1.807, 2.05) is 26.8 Å². The zero-order valence-electron chi connectivity index (χ0n) is 11.1. The summed E-state index contributed by atoms with van der Waals surface area (Å²) in [5.74, 6) is -0.0324. The summed E-state index contributed by atoms with van der Waals surface area (Å²) in [5.41, 5.74) is 8.69. The van der Waals surface area contributed by atoms with Crippen LogP contribution >= 0.6 is 11.3 Å². The van der Waals surface area contributed by atoms with Crippen molar-refractivity contribution in [2.24, 2.45) is 0 Å². The molecule has 4 nitrogen and oxygen atoms in total. The fraction of sp³-hybridized carbons (Fsp3) is 0.385. The molecule has 0 saturated carbocycles. The number of hydrogen-bond acceptors (Lipinski definition) is 4. The van der Waals surface area contributed by atoms with Crippen LogP contribution in [0.1, 0.15) is 27.9 Å². The first-order valence-electron chi connectivity index (χ1n) is 5.87. The van der Waals surface area contributed by atoms with E-state index >= 15 is 0 Å². The number of amides is 1. The fourth-order valence-electron chi connectivity index (χ4n) is 1.94. The van der Waals surface area contributed by atoms with E-state index in [2.05, 4.69) is 4.98 Å². The maximum atomic E-state index is 12.2. The van der Waals surface area contributed by atoms with E-state index in [0.29, 0.717) is 17.1 Å². The zero-order chi connectivity index (χ0) is 13.4. The Morgan fingerprint density at radius 2 is 2.17 bits per heavy atom. The van der Waals surface area contributed by atoms with Gasteiger partial charge in [-0.1, -0.05) is 0 Å². The molecule has 18 heavy (non-hydrogen) atoms. The topological polar surface area (TPSA) is 59.2 Å². The number of nitrogen functional groups attached to an aromatic ring is 1. The highest BCUT2D eigenvalue weighted by molar-refractivity contribution is 7.21. The van der Waals surface area contributed by atoms with Gasteiger partial charge >= 0.3 is 0 Å². The van der Waals surface area contributed by atoms with Gasteiger partial charge in [0, 0.05) is 24.7 Å². The van der Waals surface area contributed by atoms with Gasteiger partial charge in [0.05, 0.1) is 5.69 Å². The summed E-state index contributed by atoms with van der Waals surface area (Å²) < 4.78 is 0. The quantitative estimate of drug-likeness (QED) is 0.906. The molecule has 2 N–H and O–H groups in total. The predicted octanol–water partition coefficient (Wildman–Crippen LogP) is 2.59. The molecule has 0 aromatic carbocycles. The SMILES string of the molecule is CCN(C)C(=O)c1sc2nc(C)cc(C)c2c1N. The number of rotatable bonds is 2. The van der Waals surface area contributed by atoms with Crippen molar-refractivity contribution in [3.05, 3.63) is 22.2 Å². The summed E-state index contributed by atoms with van der Waals surface area (Å²) in [7, 11) is 1.78. The lowest BCUT2D eigenvalue weighted by Gasteiger charge is -2.13. The van der Waals surface area contributed by atoms with E-state index in [1.165, 1.54) is 11.3 Å². The van der Waals surface area contributed by atoms with Gasteiger partial charge in [-0.25, -0.2) is 4.98 Å². The fourth-order valence-corrected chi connectivity index (χ4v) is 3.16. The summed E-state index contributed by atoms with van der Waals surface area (Å²) in [6, 6.07) is 1.99. The van der Waals surface area contributed by atoms with Crippen LogP contribution in [0.4, 0.5) is 5.69 Å². The molecule has 0 aliphatic rings. The number of hydrogen-bond donors (Lipinski definition) is 1. The molecule has 0 radical (unpaired) electrons. The van der Waals surface area contributed by atoms with Crippen LogP contribution < -0.4 is 5.73 Å². The molecule has 0 spiro atoms. The van der Waals surface area contributed by atoms with Crippen molar-refractivity contribution in [2.45, 2.75) is 20.8 Å². The molecule has 0 saturated heterocycles. The van der Waals surface area contributed by atoms with E-state index in [-0.39, 0.29) is 5.91 Å². The van der Waals surface area contributed by atoms with Crippen LogP contribution in [0.5, 0.6) is 0 Å². The Balaban J connectivity index is 2.64. The largest absolute Gasteiger partial charge is 0.397 e. The molecule has 1 amide bonds. The number of carbonyl (C=O) groups excluding carboxylic acids is 1. The van der Waals surface area contributed by atoms with Crippen molar-refractivity contribution >= 4 is 33.1 Å². The van der Waals surface area contributed by atoms with E-state index in [4.69, 9.17) is 5.73 Å². The summed E-state index contributed by atoms with van der Waals surface area (Å²) >= 11 is 1.38. The number of pyridine rings is 1. The molecule has 0 aliphatic carbocycles. The summed E-state index contributed by atoms with van der Waals surface area (Å²) in [5, 5.41) is 0.915. The lowest BCUT2D eigenvalue weighted by atomic mass is 10.1. The van der Waals surface area contributed by atoms with Gasteiger partial charge < -0.3 is 10.6 Å². The summed E-state index contributed by atoms with van der Waals surface area (Å²) in [6.45, 7) is 6.55. The maximum absolute atomic E-state index is 12.2. The summed E-state index contributed by atoms with van der Waals surface area (Å²) in [6.07, 6.45) is 0. The number of thiophene rings is 1. The second-order valence-corrected chi connectivity index (χ2v) is 5.42. The van der Waals surface area contributed by atoms with Gasteiger partial charge in [-0.2, -0.15) is 0 Å². The lowest BCUT2D eigenvalue weighted by molar-refractivity contribution is 0.0808. The second-order valence-electron chi connectivity index (χ2n) is 4.42. The molecular formula is C13H17N3OS. The smallest absolute Gasteiger partial charge is 0.265 e. The third-order valence-corrected chi connectivity index (χ3v) is 4.13. The Hall–Kier alpha value is -1.62. The predicted molar refractivity (Wildman–Crippen MR) is 76.1 cm³/mol. The number of aryl methyl sites for hydroxylation is 2. The molecule has 2 rings (SSSR count). The molecule has 0 aliphatic heterocycles. The van der Waals surface area contributed by atoms with Crippen LogP contribution in [0.15, 0.2) is 6.07 Å². The lowest BCUT2D eigenvalue weighted by Crippen LogP contribution is -2.26. The number of anilines is 1. The molecular weight excluding hydrogens is 246 g/mol. The Labute approximate surface area is 110 Å². The molecule has 0 unspecified atom stereocenters. The number of nitrogens with two attached hydrogens (primary N) is 1. The molecule has 5 heteroatoms. The molecule has 0 fully saturated rings. The number of nitrogens with zero attached hydrogens (tertiary/aromatic N) is 2. The maximum Gasteiger partial charge on any atom is 0.265 e. The van der Waals surface area contributed by atoms with E-state index in [1.54, 1.807) is 11.9 Å². The Kier molecular flexibility index (Phi) is 3.26. The molecule has 0 bridgehead atoms. The molecule has 2 aromatic heterocycles. The number of carbonyl (C=O) groups is 1. The molecule has 96 valence electrons. The van der Waals surface area contributed by atoms with Crippen molar-refractivity contribution in [1.82, 2.24) is 9.88 Å². The van der Waals surface area contributed by atoms with Gasteiger partial charge in [0.2, 0.25) is 0 Å². The highest BCUT2D eigenvalue weighted by atomic mass is 32.1. The minimum atomic E-state index is -0.0324. The van der Waals surface area contributed by atoms with E-state index < -0.39 is 0 Å². The standard InChI is InChI=1S/C13H17N3OS/c1-5-16(4)13(17)11-10(14)9-7(2)6-8(3)15-12(9)18-11/h6H,5,14H2,1-4H3. The van der Waals surface area contributed by atoms with E-state index in [0.717, 1.165) is 21.5 Å². The van der Waals surface area contributed by atoms with Gasteiger partial charge in [0.25, 0.3) is 5.91 Å².